The molecule has 9 heavy (non-hydrogen) atoms. The maximum Gasteiger partial charge on any atom is 0.158 e. The standard InChI is InChI=1S/C4H9Cl2NO.H2O/c1-3(8)2-7-4(5)6;/h3-4,7-8H,2H2,1H3;1H2. The van der Waals surface area contributed by atoms with E-state index in [0.29, 0.717) is 6.54 Å². The molecule has 0 saturated heterocycles. The van der Waals surface area contributed by atoms with Crippen LogP contribution in [0.1, 0.15) is 6.92 Å². The Morgan fingerprint density at radius 1 is 1.56 bits per heavy atom. The van der Waals surface area contributed by atoms with E-state index in [4.69, 9.17) is 28.3 Å². The Bertz CT molecular complexity index is 52.5. The second kappa shape index (κ2) is 6.58. The van der Waals surface area contributed by atoms with Gasteiger partial charge in [-0.2, -0.15) is 0 Å². The molecule has 0 heterocycles. The van der Waals surface area contributed by atoms with E-state index >= 15 is 0 Å². The molecule has 0 spiro atoms. The summed E-state index contributed by atoms with van der Waals surface area (Å²) in [4.78, 5) is -0.579. The van der Waals surface area contributed by atoms with E-state index in [1.165, 1.54) is 0 Å². The molecule has 0 radical (unpaired) electrons. The summed E-state index contributed by atoms with van der Waals surface area (Å²) in [5.74, 6) is 0. The SMILES string of the molecule is CC(O)CNC(Cl)Cl.O. The van der Waals surface area contributed by atoms with Gasteiger partial charge in [0.25, 0.3) is 0 Å². The molecule has 0 fully saturated rings. The van der Waals surface area contributed by atoms with Crippen molar-refractivity contribution < 1.29 is 10.6 Å². The van der Waals surface area contributed by atoms with Gasteiger partial charge in [-0.15, -0.1) is 0 Å². The van der Waals surface area contributed by atoms with Crippen molar-refractivity contribution in [3.05, 3.63) is 0 Å². The van der Waals surface area contributed by atoms with Crippen molar-refractivity contribution in [3.63, 3.8) is 0 Å². The van der Waals surface area contributed by atoms with Crippen LogP contribution in [0.5, 0.6) is 0 Å². The number of aliphatic hydroxyl groups is 1. The van der Waals surface area contributed by atoms with Gasteiger partial charge in [0.05, 0.1) is 6.10 Å². The van der Waals surface area contributed by atoms with Gasteiger partial charge < -0.3 is 10.6 Å². The topological polar surface area (TPSA) is 63.8 Å². The highest BCUT2D eigenvalue weighted by Crippen LogP contribution is 1.94. The lowest BCUT2D eigenvalue weighted by atomic mass is 10.4. The molecule has 0 bridgehead atoms. The minimum absolute atomic E-state index is 0. The van der Waals surface area contributed by atoms with Crippen LogP contribution >= 0.6 is 23.2 Å². The molecule has 1 atom stereocenters. The number of rotatable bonds is 3. The maximum atomic E-state index is 8.62. The molecular weight excluding hydrogens is 165 g/mol. The van der Waals surface area contributed by atoms with Crippen molar-refractivity contribution in [2.24, 2.45) is 0 Å². The third-order valence-electron chi connectivity index (χ3n) is 0.568. The molecule has 0 saturated carbocycles. The smallest absolute Gasteiger partial charge is 0.158 e. The Kier molecular flexibility index (Phi) is 8.89. The highest BCUT2D eigenvalue weighted by atomic mass is 35.5. The Morgan fingerprint density at radius 3 is 2.11 bits per heavy atom. The van der Waals surface area contributed by atoms with Crippen molar-refractivity contribution >= 4 is 23.2 Å². The molecule has 1 unspecified atom stereocenters. The molecule has 58 valence electrons. The second-order valence-corrected chi connectivity index (χ2v) is 2.65. The fourth-order valence-corrected chi connectivity index (χ4v) is 0.438. The van der Waals surface area contributed by atoms with Crippen LogP contribution in [-0.4, -0.2) is 28.2 Å². The monoisotopic (exact) mass is 175 g/mol. The number of alkyl halides is 2. The average molecular weight is 176 g/mol. The summed E-state index contributed by atoms with van der Waals surface area (Å²) in [6.07, 6.45) is -0.394. The van der Waals surface area contributed by atoms with E-state index in [-0.39, 0.29) is 5.48 Å². The van der Waals surface area contributed by atoms with Crippen molar-refractivity contribution in [2.45, 2.75) is 18.0 Å². The number of hydrogen-bond donors (Lipinski definition) is 2. The Morgan fingerprint density at radius 2 is 2.00 bits per heavy atom. The van der Waals surface area contributed by atoms with Gasteiger partial charge in [-0.25, -0.2) is 0 Å². The second-order valence-electron chi connectivity index (χ2n) is 1.56. The van der Waals surface area contributed by atoms with E-state index in [1.54, 1.807) is 6.92 Å². The minimum atomic E-state index is -0.579. The quantitative estimate of drug-likeness (QED) is 0.465. The molecule has 0 amide bonds. The molecule has 0 aliphatic carbocycles. The van der Waals surface area contributed by atoms with Crippen LogP contribution in [0, 0.1) is 0 Å². The van der Waals surface area contributed by atoms with E-state index in [1.807, 2.05) is 0 Å². The van der Waals surface area contributed by atoms with E-state index < -0.39 is 11.1 Å². The predicted molar refractivity (Wildman–Crippen MR) is 38.8 cm³/mol. The zero-order valence-corrected chi connectivity index (χ0v) is 6.58. The molecule has 3 nitrogen and oxygen atoms in total. The lowest BCUT2D eigenvalue weighted by Crippen LogP contribution is -2.27. The summed E-state index contributed by atoms with van der Waals surface area (Å²) in [5.41, 5.74) is 0. The first kappa shape index (κ1) is 12.2. The van der Waals surface area contributed by atoms with Crippen LogP contribution < -0.4 is 5.32 Å². The maximum absolute atomic E-state index is 8.62. The number of halogens is 2. The fraction of sp³-hybridized carbons (Fsp3) is 1.00. The molecule has 0 aliphatic rings. The van der Waals surface area contributed by atoms with Crippen molar-refractivity contribution in [1.82, 2.24) is 5.32 Å². The normalized spacial score (nSPS) is 13.0. The molecule has 5 heteroatoms. The average Bonchev–Trinajstić information content (AvgIpc) is 1.61. The third-order valence-corrected chi connectivity index (χ3v) is 0.876. The number of hydrogen-bond acceptors (Lipinski definition) is 2. The molecule has 0 rings (SSSR count). The minimum Gasteiger partial charge on any atom is -0.412 e. The Balaban J connectivity index is 0. The van der Waals surface area contributed by atoms with Crippen LogP contribution in [0.15, 0.2) is 0 Å². The third kappa shape index (κ3) is 11.8. The van der Waals surface area contributed by atoms with Gasteiger partial charge in [0.1, 0.15) is 0 Å². The summed E-state index contributed by atoms with van der Waals surface area (Å²) in [7, 11) is 0. The fourth-order valence-electron chi connectivity index (χ4n) is 0.260. The lowest BCUT2D eigenvalue weighted by Gasteiger charge is -2.05. The van der Waals surface area contributed by atoms with Gasteiger partial charge in [0.15, 0.2) is 4.96 Å². The Hall–Kier alpha value is 0.460. The first-order valence-electron chi connectivity index (χ1n) is 2.32. The van der Waals surface area contributed by atoms with E-state index in [9.17, 15) is 0 Å². The highest BCUT2D eigenvalue weighted by molar-refractivity contribution is 6.43. The first-order valence-corrected chi connectivity index (χ1v) is 3.20. The van der Waals surface area contributed by atoms with Gasteiger partial charge in [-0.3, -0.25) is 5.32 Å². The zero-order chi connectivity index (χ0) is 6.57. The Labute approximate surface area is 64.3 Å². The summed E-state index contributed by atoms with van der Waals surface area (Å²) in [5, 5.41) is 11.2. The molecule has 0 aromatic carbocycles. The van der Waals surface area contributed by atoms with Gasteiger partial charge in [-0.05, 0) is 6.92 Å². The van der Waals surface area contributed by atoms with E-state index in [0.717, 1.165) is 0 Å². The highest BCUT2D eigenvalue weighted by Gasteiger charge is 1.98. The van der Waals surface area contributed by atoms with E-state index in [2.05, 4.69) is 5.32 Å². The van der Waals surface area contributed by atoms with Gasteiger partial charge in [0, 0.05) is 6.54 Å². The van der Waals surface area contributed by atoms with Crippen LogP contribution in [0.2, 0.25) is 0 Å². The molecule has 4 N–H and O–H groups in total. The van der Waals surface area contributed by atoms with Crippen molar-refractivity contribution in [3.8, 4) is 0 Å². The molecule has 0 aromatic heterocycles. The summed E-state index contributed by atoms with van der Waals surface area (Å²) < 4.78 is 0. The van der Waals surface area contributed by atoms with Crippen molar-refractivity contribution in [2.75, 3.05) is 6.54 Å². The van der Waals surface area contributed by atoms with Gasteiger partial charge in [0.2, 0.25) is 0 Å². The molecule has 0 aromatic rings. The summed E-state index contributed by atoms with van der Waals surface area (Å²) in [6, 6.07) is 0. The number of nitrogens with one attached hydrogen (secondary N) is 1. The first-order chi connectivity index (χ1) is 3.63. The summed E-state index contributed by atoms with van der Waals surface area (Å²) >= 11 is 10.5. The zero-order valence-electron chi connectivity index (χ0n) is 5.06. The van der Waals surface area contributed by atoms with Gasteiger partial charge >= 0.3 is 0 Å². The lowest BCUT2D eigenvalue weighted by molar-refractivity contribution is 0.192. The molecule has 0 aliphatic heterocycles. The number of aliphatic hydroxyl groups excluding tert-OH is 1. The van der Waals surface area contributed by atoms with Crippen LogP contribution in [-0.2, 0) is 0 Å². The predicted octanol–water partition coefficient (Wildman–Crippen LogP) is -0.107. The largest absolute Gasteiger partial charge is 0.412 e. The summed E-state index contributed by atoms with van der Waals surface area (Å²) in [6.45, 7) is 2.08. The van der Waals surface area contributed by atoms with Crippen LogP contribution in [0.4, 0.5) is 0 Å². The van der Waals surface area contributed by atoms with Crippen molar-refractivity contribution in [1.29, 1.82) is 0 Å². The van der Waals surface area contributed by atoms with Crippen LogP contribution in [0.3, 0.4) is 0 Å². The molecular formula is C4H11Cl2NO2. The van der Waals surface area contributed by atoms with Crippen LogP contribution in [0.25, 0.3) is 0 Å². The van der Waals surface area contributed by atoms with Gasteiger partial charge in [-0.1, -0.05) is 23.2 Å².